The maximum atomic E-state index is 11.3. The van der Waals surface area contributed by atoms with Crippen molar-refractivity contribution < 1.29 is 4.79 Å². The minimum atomic E-state index is 0.0827. The van der Waals surface area contributed by atoms with E-state index < -0.39 is 0 Å². The molecular weight excluding hydrogens is 236 g/mol. The van der Waals surface area contributed by atoms with Gasteiger partial charge in [0, 0.05) is 30.5 Å². The van der Waals surface area contributed by atoms with Crippen molar-refractivity contribution in [3.05, 3.63) is 59.7 Å². The molecule has 0 radical (unpaired) electrons. The van der Waals surface area contributed by atoms with Crippen molar-refractivity contribution in [3.63, 3.8) is 0 Å². The quantitative estimate of drug-likeness (QED) is 0.853. The highest BCUT2D eigenvalue weighted by atomic mass is 16.1. The van der Waals surface area contributed by atoms with Crippen LogP contribution in [0.5, 0.6) is 0 Å². The van der Waals surface area contributed by atoms with Crippen LogP contribution in [0.1, 0.15) is 22.8 Å². The van der Waals surface area contributed by atoms with Gasteiger partial charge in [-0.15, -0.1) is 0 Å². The first-order chi connectivity index (χ1) is 9.11. The monoisotopic (exact) mass is 254 g/mol. The van der Waals surface area contributed by atoms with Crippen LogP contribution >= 0.6 is 0 Å². The summed E-state index contributed by atoms with van der Waals surface area (Å²) in [5.41, 5.74) is 9.61. The SMILES string of the molecule is CC(=O)c1ccc(N(C)c2cccc(CN)c2)cc1. The zero-order valence-electron chi connectivity index (χ0n) is 11.3. The lowest BCUT2D eigenvalue weighted by molar-refractivity contribution is 0.101. The largest absolute Gasteiger partial charge is 0.345 e. The number of carbonyl (C=O) groups is 1. The van der Waals surface area contributed by atoms with Gasteiger partial charge in [-0.3, -0.25) is 4.79 Å². The number of Topliss-reactive ketones (excluding diaryl/α,β-unsaturated/α-hetero) is 1. The standard InChI is InChI=1S/C16H18N2O/c1-12(19)14-6-8-15(9-7-14)18(2)16-5-3-4-13(10-16)11-17/h3-10H,11,17H2,1-2H3. The van der Waals surface area contributed by atoms with Gasteiger partial charge in [0.25, 0.3) is 0 Å². The molecule has 0 bridgehead atoms. The summed E-state index contributed by atoms with van der Waals surface area (Å²) in [5, 5.41) is 0. The van der Waals surface area contributed by atoms with Crippen molar-refractivity contribution in [2.24, 2.45) is 5.73 Å². The molecule has 3 nitrogen and oxygen atoms in total. The van der Waals surface area contributed by atoms with Gasteiger partial charge in [0.15, 0.2) is 5.78 Å². The van der Waals surface area contributed by atoms with Crippen molar-refractivity contribution >= 4 is 17.2 Å². The van der Waals surface area contributed by atoms with Gasteiger partial charge in [-0.05, 0) is 48.9 Å². The summed E-state index contributed by atoms with van der Waals surface area (Å²) in [5.74, 6) is 0.0827. The van der Waals surface area contributed by atoms with Crippen LogP contribution in [0.15, 0.2) is 48.5 Å². The molecule has 0 aliphatic rings. The van der Waals surface area contributed by atoms with E-state index in [2.05, 4.69) is 11.0 Å². The summed E-state index contributed by atoms with van der Waals surface area (Å²) < 4.78 is 0. The van der Waals surface area contributed by atoms with Gasteiger partial charge in [-0.1, -0.05) is 12.1 Å². The number of anilines is 2. The minimum Gasteiger partial charge on any atom is -0.345 e. The van der Waals surface area contributed by atoms with E-state index in [4.69, 9.17) is 5.73 Å². The van der Waals surface area contributed by atoms with Crippen LogP contribution in [0.3, 0.4) is 0 Å². The van der Waals surface area contributed by atoms with E-state index in [1.165, 1.54) is 0 Å². The highest BCUT2D eigenvalue weighted by Crippen LogP contribution is 2.24. The van der Waals surface area contributed by atoms with Gasteiger partial charge in [-0.25, -0.2) is 0 Å². The lowest BCUT2D eigenvalue weighted by Gasteiger charge is -2.20. The van der Waals surface area contributed by atoms with E-state index >= 15 is 0 Å². The topological polar surface area (TPSA) is 46.3 Å². The third-order valence-corrected chi connectivity index (χ3v) is 3.19. The van der Waals surface area contributed by atoms with Gasteiger partial charge >= 0.3 is 0 Å². The van der Waals surface area contributed by atoms with Gasteiger partial charge in [0.2, 0.25) is 0 Å². The third kappa shape index (κ3) is 3.01. The smallest absolute Gasteiger partial charge is 0.159 e. The van der Waals surface area contributed by atoms with Gasteiger partial charge in [0.1, 0.15) is 0 Å². The molecule has 0 heterocycles. The second kappa shape index (κ2) is 5.67. The normalized spacial score (nSPS) is 10.3. The second-order valence-corrected chi connectivity index (χ2v) is 4.54. The van der Waals surface area contributed by atoms with E-state index in [1.807, 2.05) is 49.5 Å². The Labute approximate surface area is 113 Å². The fourth-order valence-corrected chi connectivity index (χ4v) is 1.96. The third-order valence-electron chi connectivity index (χ3n) is 3.19. The van der Waals surface area contributed by atoms with Crippen LogP contribution in [-0.2, 0) is 6.54 Å². The van der Waals surface area contributed by atoms with Crippen LogP contribution in [0.25, 0.3) is 0 Å². The summed E-state index contributed by atoms with van der Waals surface area (Å²) in [6.07, 6.45) is 0. The highest BCUT2D eigenvalue weighted by molar-refractivity contribution is 5.94. The summed E-state index contributed by atoms with van der Waals surface area (Å²) in [4.78, 5) is 13.3. The van der Waals surface area contributed by atoms with Crippen LogP contribution in [0.4, 0.5) is 11.4 Å². The van der Waals surface area contributed by atoms with E-state index in [0.29, 0.717) is 6.54 Å². The summed E-state index contributed by atoms with van der Waals surface area (Å²) >= 11 is 0. The van der Waals surface area contributed by atoms with E-state index in [1.54, 1.807) is 6.92 Å². The Morgan fingerprint density at radius 1 is 1.11 bits per heavy atom. The Morgan fingerprint density at radius 2 is 1.79 bits per heavy atom. The Balaban J connectivity index is 2.27. The summed E-state index contributed by atoms with van der Waals surface area (Å²) in [6, 6.07) is 15.7. The molecule has 0 aliphatic carbocycles. The average molecular weight is 254 g/mol. The Hall–Kier alpha value is -2.13. The molecule has 19 heavy (non-hydrogen) atoms. The molecule has 0 aliphatic heterocycles. The molecule has 0 atom stereocenters. The first-order valence-corrected chi connectivity index (χ1v) is 6.25. The first-order valence-electron chi connectivity index (χ1n) is 6.25. The molecule has 2 N–H and O–H groups in total. The number of ketones is 1. The first kappa shape index (κ1) is 13.3. The molecule has 2 aromatic rings. The van der Waals surface area contributed by atoms with Crippen LogP contribution < -0.4 is 10.6 Å². The molecule has 0 amide bonds. The van der Waals surface area contributed by atoms with Crippen molar-refractivity contribution in [1.29, 1.82) is 0 Å². The Morgan fingerprint density at radius 3 is 2.37 bits per heavy atom. The predicted octanol–water partition coefficient (Wildman–Crippen LogP) is 3.12. The molecule has 0 aromatic heterocycles. The molecule has 0 unspecified atom stereocenters. The average Bonchev–Trinajstić information content (AvgIpc) is 2.46. The molecule has 2 rings (SSSR count). The number of benzene rings is 2. The van der Waals surface area contributed by atoms with Crippen LogP contribution in [0, 0.1) is 0 Å². The Bertz CT molecular complexity index is 576. The van der Waals surface area contributed by atoms with Crippen LogP contribution in [-0.4, -0.2) is 12.8 Å². The predicted molar refractivity (Wildman–Crippen MR) is 78.8 cm³/mol. The summed E-state index contributed by atoms with van der Waals surface area (Å²) in [6.45, 7) is 2.11. The lowest BCUT2D eigenvalue weighted by atomic mass is 10.1. The molecule has 3 heteroatoms. The molecule has 0 spiro atoms. The zero-order valence-corrected chi connectivity index (χ0v) is 11.3. The Kier molecular flexibility index (Phi) is 3.97. The molecule has 98 valence electrons. The molecule has 0 saturated heterocycles. The van der Waals surface area contributed by atoms with Crippen LogP contribution in [0.2, 0.25) is 0 Å². The fraction of sp³-hybridized carbons (Fsp3) is 0.188. The fourth-order valence-electron chi connectivity index (χ4n) is 1.96. The van der Waals surface area contributed by atoms with Gasteiger partial charge < -0.3 is 10.6 Å². The summed E-state index contributed by atoms with van der Waals surface area (Å²) in [7, 11) is 2.00. The van der Waals surface area contributed by atoms with Crippen molar-refractivity contribution in [2.75, 3.05) is 11.9 Å². The zero-order chi connectivity index (χ0) is 13.8. The maximum absolute atomic E-state index is 11.3. The number of carbonyl (C=O) groups excluding carboxylic acids is 1. The minimum absolute atomic E-state index is 0.0827. The number of hydrogen-bond acceptors (Lipinski definition) is 3. The molecule has 0 saturated carbocycles. The number of nitrogens with two attached hydrogens (primary N) is 1. The van der Waals surface area contributed by atoms with E-state index in [0.717, 1.165) is 22.5 Å². The molecule has 0 fully saturated rings. The second-order valence-electron chi connectivity index (χ2n) is 4.54. The van der Waals surface area contributed by atoms with Gasteiger partial charge in [0.05, 0.1) is 0 Å². The maximum Gasteiger partial charge on any atom is 0.159 e. The van der Waals surface area contributed by atoms with E-state index in [9.17, 15) is 4.79 Å². The molecule has 2 aromatic carbocycles. The van der Waals surface area contributed by atoms with Crippen molar-refractivity contribution in [3.8, 4) is 0 Å². The van der Waals surface area contributed by atoms with Gasteiger partial charge in [-0.2, -0.15) is 0 Å². The number of hydrogen-bond donors (Lipinski definition) is 1. The highest BCUT2D eigenvalue weighted by Gasteiger charge is 2.05. The molecular formula is C16H18N2O. The van der Waals surface area contributed by atoms with Crippen molar-refractivity contribution in [1.82, 2.24) is 0 Å². The van der Waals surface area contributed by atoms with Crippen molar-refractivity contribution in [2.45, 2.75) is 13.5 Å². The lowest BCUT2D eigenvalue weighted by Crippen LogP contribution is -2.10. The van der Waals surface area contributed by atoms with E-state index in [-0.39, 0.29) is 5.78 Å². The number of rotatable bonds is 4. The number of nitrogens with zero attached hydrogens (tertiary/aromatic N) is 1.